The van der Waals surface area contributed by atoms with Crippen molar-refractivity contribution in [3.63, 3.8) is 0 Å². The molecule has 0 fully saturated rings. The molecule has 5 N–H and O–H groups in total. The van der Waals surface area contributed by atoms with Gasteiger partial charge in [0.2, 0.25) is 17.8 Å². The van der Waals surface area contributed by atoms with E-state index in [-0.39, 0.29) is 23.0 Å². The van der Waals surface area contributed by atoms with Gasteiger partial charge in [-0.15, -0.1) is 0 Å². The quantitative estimate of drug-likeness (QED) is 0.555. The Morgan fingerprint density at radius 1 is 1.00 bits per heavy atom. The highest BCUT2D eigenvalue weighted by atomic mass is 32.2. The summed E-state index contributed by atoms with van der Waals surface area (Å²) in [6.45, 7) is 0. The molecule has 2 aromatic carbocycles. The summed E-state index contributed by atoms with van der Waals surface area (Å²) in [6, 6.07) is 16.4. The fourth-order valence-corrected chi connectivity index (χ4v) is 3.29. The average molecular weight is 382 g/mol. The van der Waals surface area contributed by atoms with Gasteiger partial charge in [-0.3, -0.25) is 4.79 Å². The number of nitrogens with one attached hydrogen (secondary N) is 1. The Hall–Kier alpha value is -3.33. The van der Waals surface area contributed by atoms with Gasteiger partial charge in [0.25, 0.3) is 0 Å². The molecule has 0 saturated heterocycles. The van der Waals surface area contributed by atoms with Crippen LogP contribution < -0.4 is 21.5 Å². The monoisotopic (exact) mass is 382 g/mol. The van der Waals surface area contributed by atoms with Crippen molar-refractivity contribution in [1.29, 1.82) is 0 Å². The molecule has 0 aliphatic rings. The van der Waals surface area contributed by atoms with Crippen molar-refractivity contribution in [3.05, 3.63) is 60.2 Å². The summed E-state index contributed by atoms with van der Waals surface area (Å²) in [7, 11) is 1.59. The lowest BCUT2D eigenvalue weighted by Crippen LogP contribution is -2.19. The predicted octanol–water partition coefficient (Wildman–Crippen LogP) is 2.52. The maximum atomic E-state index is 12.9. The Morgan fingerprint density at radius 2 is 1.63 bits per heavy atom. The highest BCUT2D eigenvalue weighted by molar-refractivity contribution is 8.00. The van der Waals surface area contributed by atoms with Crippen LogP contribution in [0.25, 0.3) is 0 Å². The Morgan fingerprint density at radius 3 is 2.22 bits per heavy atom. The molecule has 1 amide bonds. The largest absolute Gasteiger partial charge is 0.497 e. The van der Waals surface area contributed by atoms with Gasteiger partial charge in [-0.05, 0) is 29.8 Å². The van der Waals surface area contributed by atoms with E-state index in [9.17, 15) is 4.79 Å². The minimum atomic E-state index is -0.602. The lowest BCUT2D eigenvalue weighted by Gasteiger charge is -2.16. The van der Waals surface area contributed by atoms with Gasteiger partial charge in [0.1, 0.15) is 11.0 Å². The smallest absolute Gasteiger partial charge is 0.242 e. The van der Waals surface area contributed by atoms with Gasteiger partial charge in [-0.25, -0.2) is 0 Å². The first kappa shape index (κ1) is 18.5. The van der Waals surface area contributed by atoms with Crippen LogP contribution >= 0.6 is 11.8 Å². The second-order valence-electron chi connectivity index (χ2n) is 5.46. The van der Waals surface area contributed by atoms with E-state index in [0.717, 1.165) is 17.3 Å². The van der Waals surface area contributed by atoms with E-state index in [1.54, 1.807) is 31.4 Å². The Bertz CT molecular complexity index is 901. The molecule has 0 aliphatic carbocycles. The lowest BCUT2D eigenvalue weighted by atomic mass is 10.1. The van der Waals surface area contributed by atoms with Gasteiger partial charge >= 0.3 is 0 Å². The van der Waals surface area contributed by atoms with Crippen LogP contribution in [0.2, 0.25) is 0 Å². The second kappa shape index (κ2) is 8.37. The zero-order valence-electron chi connectivity index (χ0n) is 14.5. The molecule has 8 nitrogen and oxygen atoms in total. The standard InChI is InChI=1S/C18H18N6O2S/c1-26-13-9-7-12(8-10-13)21-15(25)14(11-5-3-2-4-6-11)27-18-23-16(19)22-17(20)24-18/h2-10,14H,1H3,(H,21,25)(H4,19,20,22,23,24)/t14-/m1/s1. The normalized spacial score (nSPS) is 11.6. The Kier molecular flexibility index (Phi) is 5.72. The molecule has 0 unspecified atom stereocenters. The summed E-state index contributed by atoms with van der Waals surface area (Å²) < 4.78 is 5.13. The number of methoxy groups -OCH3 is 1. The minimum Gasteiger partial charge on any atom is -0.497 e. The number of nitrogens with two attached hydrogens (primary N) is 2. The summed E-state index contributed by atoms with van der Waals surface area (Å²) in [5.41, 5.74) is 12.7. The van der Waals surface area contributed by atoms with Gasteiger partial charge in [0.15, 0.2) is 5.16 Å². The summed E-state index contributed by atoms with van der Waals surface area (Å²) in [5.74, 6) is 0.492. The number of nitrogen functional groups attached to an aromatic ring is 2. The summed E-state index contributed by atoms with van der Waals surface area (Å²) in [5, 5.41) is 2.57. The topological polar surface area (TPSA) is 129 Å². The number of carbonyl (C=O) groups excluding carboxylic acids is 1. The van der Waals surface area contributed by atoms with Crippen LogP contribution in [-0.4, -0.2) is 28.0 Å². The lowest BCUT2D eigenvalue weighted by molar-refractivity contribution is -0.115. The van der Waals surface area contributed by atoms with Crippen molar-refractivity contribution in [3.8, 4) is 5.75 Å². The number of carbonyl (C=O) groups is 1. The number of anilines is 3. The van der Waals surface area contributed by atoms with Gasteiger partial charge in [-0.2, -0.15) is 15.0 Å². The van der Waals surface area contributed by atoms with Crippen LogP contribution in [0, 0.1) is 0 Å². The number of thioether (sulfide) groups is 1. The van der Waals surface area contributed by atoms with Gasteiger partial charge in [0, 0.05) is 5.69 Å². The molecule has 1 heterocycles. The number of amides is 1. The van der Waals surface area contributed by atoms with Crippen molar-refractivity contribution < 1.29 is 9.53 Å². The van der Waals surface area contributed by atoms with Gasteiger partial charge < -0.3 is 21.5 Å². The van der Waals surface area contributed by atoms with E-state index in [1.165, 1.54) is 0 Å². The highest BCUT2D eigenvalue weighted by Crippen LogP contribution is 2.34. The molecule has 1 aromatic heterocycles. The number of ether oxygens (including phenoxy) is 1. The van der Waals surface area contributed by atoms with E-state index < -0.39 is 5.25 Å². The van der Waals surface area contributed by atoms with E-state index in [1.807, 2.05) is 30.3 Å². The first-order valence-corrected chi connectivity index (χ1v) is 8.86. The van der Waals surface area contributed by atoms with E-state index in [2.05, 4.69) is 20.3 Å². The van der Waals surface area contributed by atoms with Crippen LogP contribution in [-0.2, 0) is 4.79 Å². The predicted molar refractivity (Wildman–Crippen MR) is 105 cm³/mol. The molecule has 9 heteroatoms. The highest BCUT2D eigenvalue weighted by Gasteiger charge is 2.24. The van der Waals surface area contributed by atoms with Crippen molar-refractivity contribution in [2.24, 2.45) is 0 Å². The zero-order chi connectivity index (χ0) is 19.2. The summed E-state index contributed by atoms with van der Waals surface area (Å²) in [4.78, 5) is 24.8. The van der Waals surface area contributed by atoms with Gasteiger partial charge in [0.05, 0.1) is 7.11 Å². The third-order valence-corrected chi connectivity index (χ3v) is 4.69. The fraction of sp³-hybridized carbons (Fsp3) is 0.111. The molecule has 27 heavy (non-hydrogen) atoms. The summed E-state index contributed by atoms with van der Waals surface area (Å²) >= 11 is 1.15. The number of hydrogen-bond donors (Lipinski definition) is 3. The van der Waals surface area contributed by atoms with Crippen molar-refractivity contribution in [1.82, 2.24) is 15.0 Å². The van der Waals surface area contributed by atoms with Crippen LogP contribution in [0.4, 0.5) is 17.6 Å². The number of nitrogens with zero attached hydrogens (tertiary/aromatic N) is 3. The molecule has 3 rings (SSSR count). The van der Waals surface area contributed by atoms with Crippen molar-refractivity contribution >= 4 is 35.3 Å². The van der Waals surface area contributed by atoms with Gasteiger partial charge in [-0.1, -0.05) is 42.1 Å². The second-order valence-corrected chi connectivity index (χ2v) is 6.53. The molecule has 0 saturated carbocycles. The molecule has 0 bridgehead atoms. The maximum absolute atomic E-state index is 12.9. The number of aromatic nitrogens is 3. The van der Waals surface area contributed by atoms with E-state index in [4.69, 9.17) is 16.2 Å². The first-order chi connectivity index (χ1) is 13.0. The molecule has 0 spiro atoms. The molecule has 1 atom stereocenters. The summed E-state index contributed by atoms with van der Waals surface area (Å²) in [6.07, 6.45) is 0. The minimum absolute atomic E-state index is 0.00683. The third kappa shape index (κ3) is 4.85. The zero-order valence-corrected chi connectivity index (χ0v) is 15.3. The number of benzene rings is 2. The molecule has 3 aromatic rings. The molecule has 0 aliphatic heterocycles. The number of rotatable bonds is 6. The number of hydrogen-bond acceptors (Lipinski definition) is 8. The van der Waals surface area contributed by atoms with E-state index in [0.29, 0.717) is 11.4 Å². The van der Waals surface area contributed by atoms with Crippen molar-refractivity contribution in [2.45, 2.75) is 10.4 Å². The SMILES string of the molecule is COc1ccc(NC(=O)[C@H](Sc2nc(N)nc(N)n2)c2ccccc2)cc1. The van der Waals surface area contributed by atoms with Crippen LogP contribution in [0.1, 0.15) is 10.8 Å². The van der Waals surface area contributed by atoms with E-state index >= 15 is 0 Å². The van der Waals surface area contributed by atoms with Crippen LogP contribution in [0.15, 0.2) is 59.8 Å². The average Bonchev–Trinajstić information content (AvgIpc) is 2.66. The Labute approximate surface area is 160 Å². The molecular weight excluding hydrogens is 364 g/mol. The third-order valence-electron chi connectivity index (χ3n) is 3.57. The van der Waals surface area contributed by atoms with Crippen molar-refractivity contribution in [2.75, 3.05) is 23.9 Å². The molecule has 138 valence electrons. The fourth-order valence-electron chi connectivity index (χ4n) is 2.33. The van der Waals surface area contributed by atoms with Crippen LogP contribution in [0.5, 0.6) is 5.75 Å². The first-order valence-electron chi connectivity index (χ1n) is 7.98. The molecule has 0 radical (unpaired) electrons. The van der Waals surface area contributed by atoms with Crippen LogP contribution in [0.3, 0.4) is 0 Å². The maximum Gasteiger partial charge on any atom is 0.242 e. The molecular formula is C18H18N6O2S. The Balaban J connectivity index is 1.85.